The summed E-state index contributed by atoms with van der Waals surface area (Å²) in [6.07, 6.45) is 0. The SMILES string of the molecule is CCOc1ccc(-c2n[nH]c([C@H](N)c3ccc(OC)c(OC)c3)n2)cc1OCC. The van der Waals surface area contributed by atoms with Gasteiger partial charge in [-0.15, -0.1) is 0 Å². The van der Waals surface area contributed by atoms with Crippen LogP contribution in [0, 0.1) is 0 Å². The molecule has 0 bridgehead atoms. The van der Waals surface area contributed by atoms with Gasteiger partial charge < -0.3 is 24.7 Å². The summed E-state index contributed by atoms with van der Waals surface area (Å²) in [4.78, 5) is 4.57. The topological polar surface area (TPSA) is 105 Å². The molecule has 1 aromatic heterocycles. The van der Waals surface area contributed by atoms with Crippen LogP contribution >= 0.6 is 0 Å². The second-order valence-corrected chi connectivity index (χ2v) is 6.16. The number of hydrogen-bond donors (Lipinski definition) is 2. The van der Waals surface area contributed by atoms with E-state index < -0.39 is 6.04 Å². The van der Waals surface area contributed by atoms with Crippen LogP contribution in [-0.2, 0) is 0 Å². The molecule has 0 aliphatic carbocycles. The van der Waals surface area contributed by atoms with Crippen molar-refractivity contribution in [2.75, 3.05) is 27.4 Å². The van der Waals surface area contributed by atoms with Crippen molar-refractivity contribution in [2.24, 2.45) is 5.73 Å². The van der Waals surface area contributed by atoms with E-state index in [9.17, 15) is 0 Å². The van der Waals surface area contributed by atoms with Crippen molar-refractivity contribution < 1.29 is 18.9 Å². The number of aromatic nitrogens is 3. The van der Waals surface area contributed by atoms with Crippen LogP contribution < -0.4 is 24.7 Å². The van der Waals surface area contributed by atoms with Gasteiger partial charge in [0.2, 0.25) is 0 Å². The highest BCUT2D eigenvalue weighted by Crippen LogP contribution is 2.33. The largest absolute Gasteiger partial charge is 0.493 e. The Morgan fingerprint density at radius 2 is 1.59 bits per heavy atom. The van der Waals surface area contributed by atoms with Crippen molar-refractivity contribution in [3.05, 3.63) is 47.8 Å². The molecule has 0 amide bonds. The van der Waals surface area contributed by atoms with Gasteiger partial charge in [-0.2, -0.15) is 5.10 Å². The van der Waals surface area contributed by atoms with Crippen LogP contribution in [0.25, 0.3) is 11.4 Å². The number of H-pyrrole nitrogens is 1. The zero-order valence-corrected chi connectivity index (χ0v) is 17.1. The van der Waals surface area contributed by atoms with Crippen molar-refractivity contribution in [3.63, 3.8) is 0 Å². The minimum absolute atomic E-state index is 0.495. The van der Waals surface area contributed by atoms with Crippen molar-refractivity contribution >= 4 is 0 Å². The summed E-state index contributed by atoms with van der Waals surface area (Å²) in [7, 11) is 3.18. The van der Waals surface area contributed by atoms with Gasteiger partial charge in [0.25, 0.3) is 0 Å². The molecule has 0 saturated heterocycles. The summed E-state index contributed by atoms with van der Waals surface area (Å²) < 4.78 is 21.9. The molecule has 1 atom stereocenters. The first-order chi connectivity index (χ1) is 14.1. The van der Waals surface area contributed by atoms with E-state index in [0.717, 1.165) is 11.1 Å². The Balaban J connectivity index is 1.88. The molecule has 29 heavy (non-hydrogen) atoms. The van der Waals surface area contributed by atoms with Gasteiger partial charge in [0.05, 0.1) is 33.5 Å². The minimum Gasteiger partial charge on any atom is -0.493 e. The fourth-order valence-electron chi connectivity index (χ4n) is 2.94. The van der Waals surface area contributed by atoms with Crippen LogP contribution in [0.3, 0.4) is 0 Å². The van der Waals surface area contributed by atoms with E-state index in [2.05, 4.69) is 15.2 Å². The molecule has 3 aromatic rings. The summed E-state index contributed by atoms with van der Waals surface area (Å²) in [6.45, 7) is 4.95. The highest BCUT2D eigenvalue weighted by molar-refractivity contribution is 5.61. The third kappa shape index (κ3) is 4.43. The minimum atomic E-state index is -0.495. The molecule has 3 N–H and O–H groups in total. The highest BCUT2D eigenvalue weighted by atomic mass is 16.5. The molecule has 0 fully saturated rings. The first kappa shape index (κ1) is 20.5. The van der Waals surface area contributed by atoms with Crippen molar-refractivity contribution in [2.45, 2.75) is 19.9 Å². The Morgan fingerprint density at radius 1 is 0.897 bits per heavy atom. The number of nitrogens with one attached hydrogen (secondary N) is 1. The van der Waals surface area contributed by atoms with Crippen LogP contribution in [0.2, 0.25) is 0 Å². The summed E-state index contributed by atoms with van der Waals surface area (Å²) in [6, 6.07) is 10.6. The van der Waals surface area contributed by atoms with Crippen LogP contribution in [0.15, 0.2) is 36.4 Å². The third-order valence-electron chi connectivity index (χ3n) is 4.37. The second kappa shape index (κ2) is 9.29. The molecule has 0 radical (unpaired) electrons. The number of aromatic amines is 1. The van der Waals surface area contributed by atoms with E-state index in [4.69, 9.17) is 24.7 Å². The summed E-state index contributed by atoms with van der Waals surface area (Å²) in [5, 5.41) is 7.25. The van der Waals surface area contributed by atoms with E-state index in [1.807, 2.05) is 50.2 Å². The average Bonchev–Trinajstić information content (AvgIpc) is 3.24. The molecule has 2 aromatic carbocycles. The van der Waals surface area contributed by atoms with Gasteiger partial charge in [0.1, 0.15) is 5.82 Å². The Hall–Kier alpha value is -3.26. The molecular weight excluding hydrogens is 372 g/mol. The summed E-state index contributed by atoms with van der Waals surface area (Å²) in [5.74, 6) is 3.66. The maximum Gasteiger partial charge on any atom is 0.181 e. The van der Waals surface area contributed by atoms with Crippen molar-refractivity contribution in [1.82, 2.24) is 15.2 Å². The first-order valence-corrected chi connectivity index (χ1v) is 9.41. The normalized spacial score (nSPS) is 11.8. The molecule has 0 spiro atoms. The predicted octanol–water partition coefficient (Wildman–Crippen LogP) is 3.33. The number of hydrogen-bond acceptors (Lipinski definition) is 7. The fraction of sp³-hybridized carbons (Fsp3) is 0.333. The summed E-state index contributed by atoms with van der Waals surface area (Å²) >= 11 is 0. The van der Waals surface area contributed by atoms with Gasteiger partial charge in [0.15, 0.2) is 28.8 Å². The van der Waals surface area contributed by atoms with Crippen LogP contribution in [-0.4, -0.2) is 42.6 Å². The number of nitrogens with zero attached hydrogens (tertiary/aromatic N) is 2. The Labute approximate surface area is 170 Å². The van der Waals surface area contributed by atoms with Gasteiger partial charge in [-0.1, -0.05) is 6.07 Å². The van der Waals surface area contributed by atoms with E-state index in [0.29, 0.717) is 47.9 Å². The molecule has 154 valence electrons. The van der Waals surface area contributed by atoms with Crippen LogP contribution in [0.5, 0.6) is 23.0 Å². The van der Waals surface area contributed by atoms with E-state index in [1.54, 1.807) is 14.2 Å². The third-order valence-corrected chi connectivity index (χ3v) is 4.37. The molecule has 1 heterocycles. The van der Waals surface area contributed by atoms with Crippen molar-refractivity contribution in [3.8, 4) is 34.4 Å². The Kier molecular flexibility index (Phi) is 6.56. The molecule has 0 aliphatic rings. The smallest absolute Gasteiger partial charge is 0.181 e. The van der Waals surface area contributed by atoms with Gasteiger partial charge in [-0.3, -0.25) is 5.10 Å². The highest BCUT2D eigenvalue weighted by Gasteiger charge is 2.18. The molecular formula is C21H26N4O4. The molecule has 0 saturated carbocycles. The molecule has 0 unspecified atom stereocenters. The molecule has 8 nitrogen and oxygen atoms in total. The van der Waals surface area contributed by atoms with E-state index in [1.165, 1.54) is 0 Å². The van der Waals surface area contributed by atoms with Gasteiger partial charge >= 0.3 is 0 Å². The molecule has 8 heteroatoms. The number of benzene rings is 2. The zero-order valence-electron chi connectivity index (χ0n) is 17.1. The lowest BCUT2D eigenvalue weighted by molar-refractivity contribution is 0.288. The first-order valence-electron chi connectivity index (χ1n) is 9.41. The van der Waals surface area contributed by atoms with Crippen molar-refractivity contribution in [1.29, 1.82) is 0 Å². The number of rotatable bonds is 9. The maximum absolute atomic E-state index is 6.39. The predicted molar refractivity (Wildman–Crippen MR) is 110 cm³/mol. The standard InChI is InChI=1S/C21H26N4O4/c1-5-28-16-10-8-14(12-18(16)29-6-2)20-23-21(25-24-20)19(22)13-7-9-15(26-3)17(11-13)27-4/h7-12,19H,5-6,22H2,1-4H3,(H,23,24,25)/t19-/m1/s1. The lowest BCUT2D eigenvalue weighted by Crippen LogP contribution is -2.14. The van der Waals surface area contributed by atoms with Crippen LogP contribution in [0.1, 0.15) is 31.3 Å². The summed E-state index contributed by atoms with van der Waals surface area (Å²) in [5.41, 5.74) is 8.02. The van der Waals surface area contributed by atoms with E-state index in [-0.39, 0.29) is 0 Å². The Bertz CT molecular complexity index is 958. The quantitative estimate of drug-likeness (QED) is 0.569. The Morgan fingerprint density at radius 3 is 2.28 bits per heavy atom. The average molecular weight is 398 g/mol. The lowest BCUT2D eigenvalue weighted by Gasteiger charge is -2.13. The van der Waals surface area contributed by atoms with Gasteiger partial charge in [0, 0.05) is 5.56 Å². The monoisotopic (exact) mass is 398 g/mol. The number of nitrogens with two attached hydrogens (primary N) is 1. The van der Waals surface area contributed by atoms with Gasteiger partial charge in [-0.05, 0) is 49.7 Å². The lowest BCUT2D eigenvalue weighted by atomic mass is 10.1. The maximum atomic E-state index is 6.39. The zero-order chi connectivity index (χ0) is 20.8. The van der Waals surface area contributed by atoms with Crippen LogP contribution in [0.4, 0.5) is 0 Å². The fourth-order valence-corrected chi connectivity index (χ4v) is 2.94. The molecule has 3 rings (SSSR count). The molecule has 0 aliphatic heterocycles. The second-order valence-electron chi connectivity index (χ2n) is 6.16. The number of methoxy groups -OCH3 is 2. The number of ether oxygens (including phenoxy) is 4. The van der Waals surface area contributed by atoms with E-state index >= 15 is 0 Å². The van der Waals surface area contributed by atoms with Gasteiger partial charge in [-0.25, -0.2) is 4.98 Å².